The fraction of sp³-hybridized carbons (Fsp3) is 0.188. The summed E-state index contributed by atoms with van der Waals surface area (Å²) in [5, 5.41) is 4.31. The number of sulfonamides is 1. The van der Waals surface area contributed by atoms with Crippen LogP contribution in [0.25, 0.3) is 5.69 Å². The van der Waals surface area contributed by atoms with E-state index in [9.17, 15) is 8.42 Å². The Labute approximate surface area is 151 Å². The molecule has 9 heteroatoms. The van der Waals surface area contributed by atoms with Crippen molar-refractivity contribution in [3.8, 4) is 5.69 Å². The molecule has 3 aromatic rings. The molecule has 25 heavy (non-hydrogen) atoms. The van der Waals surface area contributed by atoms with E-state index in [-0.39, 0.29) is 16.1 Å². The van der Waals surface area contributed by atoms with E-state index in [0.717, 1.165) is 11.3 Å². The first-order chi connectivity index (χ1) is 11.9. The molecule has 3 rings (SSSR count). The van der Waals surface area contributed by atoms with E-state index < -0.39 is 10.0 Å². The van der Waals surface area contributed by atoms with Crippen molar-refractivity contribution in [1.82, 2.24) is 24.1 Å². The van der Waals surface area contributed by atoms with E-state index in [1.165, 1.54) is 29.0 Å². The van der Waals surface area contributed by atoms with Crippen LogP contribution in [0, 0.1) is 0 Å². The Hall–Kier alpha value is -2.29. The quantitative estimate of drug-likeness (QED) is 0.638. The summed E-state index contributed by atoms with van der Waals surface area (Å²) in [5.41, 5.74) is 1.71. The van der Waals surface area contributed by atoms with Crippen LogP contribution in [0.3, 0.4) is 0 Å². The summed E-state index contributed by atoms with van der Waals surface area (Å²) in [7, 11) is -2.13. The maximum atomic E-state index is 12.7. The molecule has 7 nitrogen and oxygen atoms in total. The number of nitrogens with zero attached hydrogens (tertiary/aromatic N) is 5. The molecule has 0 fully saturated rings. The van der Waals surface area contributed by atoms with Gasteiger partial charge in [-0.05, 0) is 36.8 Å². The third-order valence-corrected chi connectivity index (χ3v) is 6.12. The average molecular weight is 378 g/mol. The number of halogens is 1. The van der Waals surface area contributed by atoms with E-state index >= 15 is 0 Å². The lowest BCUT2D eigenvalue weighted by atomic mass is 10.1. The van der Waals surface area contributed by atoms with E-state index in [1.54, 1.807) is 18.1 Å². The zero-order chi connectivity index (χ0) is 18.0. The summed E-state index contributed by atoms with van der Waals surface area (Å²) in [6, 6.07) is 10.0. The number of rotatable bonds is 5. The number of hydrogen-bond donors (Lipinski definition) is 0. The maximum Gasteiger partial charge on any atom is 0.244 e. The highest BCUT2D eigenvalue weighted by molar-refractivity contribution is 7.89. The van der Waals surface area contributed by atoms with Gasteiger partial charge in [0.05, 0.1) is 5.69 Å². The standard InChI is InChI=1S/C16H16ClN5O2S/c1-12(13-3-5-14(6-4-13)22-11-18-10-20-22)21(2)25(23,24)15-7-8-16(17)19-9-15/h3-12H,1-2H3/t12-/m1/s1. The van der Waals surface area contributed by atoms with Gasteiger partial charge in [0.25, 0.3) is 0 Å². The van der Waals surface area contributed by atoms with Crippen molar-refractivity contribution in [2.75, 3.05) is 7.05 Å². The summed E-state index contributed by atoms with van der Waals surface area (Å²) in [6.07, 6.45) is 4.31. The fourth-order valence-electron chi connectivity index (χ4n) is 2.35. The Balaban J connectivity index is 1.84. The molecular formula is C16H16ClN5O2S. The minimum atomic E-state index is -3.67. The molecular weight excluding hydrogens is 362 g/mol. The summed E-state index contributed by atoms with van der Waals surface area (Å²) in [5.74, 6) is 0. The lowest BCUT2D eigenvalue weighted by Gasteiger charge is -2.24. The molecule has 0 aliphatic carbocycles. The molecule has 0 aliphatic heterocycles. The van der Waals surface area contributed by atoms with Crippen molar-refractivity contribution in [3.05, 3.63) is 66.0 Å². The number of benzene rings is 1. The highest BCUT2D eigenvalue weighted by Crippen LogP contribution is 2.26. The van der Waals surface area contributed by atoms with Gasteiger partial charge in [0.1, 0.15) is 22.7 Å². The molecule has 0 amide bonds. The van der Waals surface area contributed by atoms with Crippen LogP contribution in [0.5, 0.6) is 0 Å². The highest BCUT2D eigenvalue weighted by Gasteiger charge is 2.26. The van der Waals surface area contributed by atoms with Gasteiger partial charge >= 0.3 is 0 Å². The van der Waals surface area contributed by atoms with E-state index in [2.05, 4.69) is 15.1 Å². The van der Waals surface area contributed by atoms with Crippen molar-refractivity contribution in [2.45, 2.75) is 17.9 Å². The number of pyridine rings is 1. The second kappa shape index (κ2) is 6.91. The second-order valence-corrected chi connectivity index (χ2v) is 7.83. The highest BCUT2D eigenvalue weighted by atomic mass is 35.5. The molecule has 1 aromatic carbocycles. The fourth-order valence-corrected chi connectivity index (χ4v) is 3.75. The monoisotopic (exact) mass is 377 g/mol. The smallest absolute Gasteiger partial charge is 0.243 e. The van der Waals surface area contributed by atoms with Crippen molar-refractivity contribution in [1.29, 1.82) is 0 Å². The Morgan fingerprint density at radius 1 is 1.16 bits per heavy atom. The van der Waals surface area contributed by atoms with Crippen LogP contribution in [0.2, 0.25) is 5.15 Å². The van der Waals surface area contributed by atoms with Gasteiger partial charge in [-0.25, -0.2) is 23.1 Å². The lowest BCUT2D eigenvalue weighted by molar-refractivity contribution is 0.398. The second-order valence-electron chi connectivity index (χ2n) is 5.45. The molecule has 2 heterocycles. The van der Waals surface area contributed by atoms with Crippen molar-refractivity contribution < 1.29 is 8.42 Å². The van der Waals surface area contributed by atoms with E-state index in [4.69, 9.17) is 11.6 Å². The normalized spacial score (nSPS) is 13.1. The number of hydrogen-bond acceptors (Lipinski definition) is 5. The van der Waals surface area contributed by atoms with Gasteiger partial charge in [-0.15, -0.1) is 0 Å². The van der Waals surface area contributed by atoms with E-state index in [1.807, 2.05) is 31.2 Å². The first kappa shape index (κ1) is 17.5. The summed E-state index contributed by atoms with van der Waals surface area (Å²) >= 11 is 5.73. The predicted octanol–water partition coefficient (Wildman–Crippen LogP) is 2.70. The lowest BCUT2D eigenvalue weighted by Crippen LogP contribution is -2.29. The topological polar surface area (TPSA) is 81.0 Å². The molecule has 0 saturated heterocycles. The van der Waals surface area contributed by atoms with Crippen LogP contribution in [0.1, 0.15) is 18.5 Å². The van der Waals surface area contributed by atoms with Crippen LogP contribution >= 0.6 is 11.6 Å². The molecule has 1 atom stereocenters. The summed E-state index contributed by atoms with van der Waals surface area (Å²) in [4.78, 5) is 7.85. The van der Waals surface area contributed by atoms with Gasteiger partial charge in [-0.2, -0.15) is 9.40 Å². The number of aromatic nitrogens is 4. The largest absolute Gasteiger partial charge is 0.244 e. The zero-order valence-corrected chi connectivity index (χ0v) is 15.2. The third-order valence-electron chi connectivity index (χ3n) is 3.98. The Morgan fingerprint density at radius 2 is 1.88 bits per heavy atom. The molecule has 0 radical (unpaired) electrons. The van der Waals surface area contributed by atoms with Crippen LogP contribution in [-0.4, -0.2) is 39.5 Å². The molecule has 0 spiro atoms. The van der Waals surface area contributed by atoms with Gasteiger partial charge in [0, 0.05) is 19.3 Å². The Kier molecular flexibility index (Phi) is 4.85. The molecule has 0 N–H and O–H groups in total. The van der Waals surface area contributed by atoms with Gasteiger partial charge in [-0.3, -0.25) is 0 Å². The predicted molar refractivity (Wildman–Crippen MR) is 94.0 cm³/mol. The third kappa shape index (κ3) is 3.55. The van der Waals surface area contributed by atoms with Crippen LogP contribution in [0.4, 0.5) is 0 Å². The minimum Gasteiger partial charge on any atom is -0.243 e. The van der Waals surface area contributed by atoms with Crippen molar-refractivity contribution >= 4 is 21.6 Å². The van der Waals surface area contributed by atoms with Crippen LogP contribution < -0.4 is 0 Å². The zero-order valence-electron chi connectivity index (χ0n) is 13.6. The molecule has 0 saturated carbocycles. The molecule has 0 bridgehead atoms. The first-order valence-electron chi connectivity index (χ1n) is 7.44. The van der Waals surface area contributed by atoms with Crippen molar-refractivity contribution in [3.63, 3.8) is 0 Å². The first-order valence-corrected chi connectivity index (χ1v) is 9.26. The molecule has 0 aliphatic rings. The van der Waals surface area contributed by atoms with E-state index in [0.29, 0.717) is 0 Å². The Morgan fingerprint density at radius 3 is 2.44 bits per heavy atom. The Bertz CT molecular complexity index is 941. The molecule has 130 valence electrons. The minimum absolute atomic E-state index is 0.102. The maximum absolute atomic E-state index is 12.7. The SMILES string of the molecule is C[C@H](c1ccc(-n2cncn2)cc1)N(C)S(=O)(=O)c1ccc(Cl)nc1. The van der Waals surface area contributed by atoms with Gasteiger partial charge < -0.3 is 0 Å². The van der Waals surface area contributed by atoms with Crippen LogP contribution in [-0.2, 0) is 10.0 Å². The van der Waals surface area contributed by atoms with Gasteiger partial charge in [-0.1, -0.05) is 23.7 Å². The van der Waals surface area contributed by atoms with Gasteiger partial charge in [0.2, 0.25) is 10.0 Å². The summed E-state index contributed by atoms with van der Waals surface area (Å²) in [6.45, 7) is 1.82. The van der Waals surface area contributed by atoms with Crippen molar-refractivity contribution in [2.24, 2.45) is 0 Å². The average Bonchev–Trinajstić information content (AvgIpc) is 3.15. The molecule has 2 aromatic heterocycles. The van der Waals surface area contributed by atoms with Gasteiger partial charge in [0.15, 0.2) is 0 Å². The van der Waals surface area contributed by atoms with Crippen LogP contribution in [0.15, 0.2) is 60.1 Å². The summed E-state index contributed by atoms with van der Waals surface area (Å²) < 4.78 is 28.4. The molecule has 0 unspecified atom stereocenters.